The molecule has 0 aliphatic heterocycles. The minimum atomic E-state index is -0.472. The Kier molecular flexibility index (Phi) is 7.07. The first-order valence-corrected chi connectivity index (χ1v) is 10.9. The van der Waals surface area contributed by atoms with E-state index in [0.717, 1.165) is 9.26 Å². The Balaban J connectivity index is 1.59. The number of phenols is 1. The second-order valence-electron chi connectivity index (χ2n) is 6.80. The van der Waals surface area contributed by atoms with Crippen LogP contribution in [0.5, 0.6) is 5.75 Å². The smallest absolute Gasteiger partial charge is 0.269 e. The summed E-state index contributed by atoms with van der Waals surface area (Å²) < 4.78 is 0.945. The Morgan fingerprint density at radius 3 is 2.15 bits per heavy atom. The number of aromatic hydroxyl groups is 1. The predicted molar refractivity (Wildman–Crippen MR) is 138 cm³/mol. The number of nitrogens with one attached hydrogen (secondary N) is 3. The quantitative estimate of drug-likeness (QED) is 0.0994. The molecule has 0 spiro atoms. The van der Waals surface area contributed by atoms with Crippen molar-refractivity contribution in [3.05, 3.63) is 92.0 Å². The maximum atomic E-state index is 10.9. The number of nitro benzene ring substituents is 1. The summed E-state index contributed by atoms with van der Waals surface area (Å²) in [6.45, 7) is 0. The molecule has 0 bridgehead atoms. The highest BCUT2D eigenvalue weighted by molar-refractivity contribution is 14.1. The molecule has 0 fully saturated rings. The zero-order valence-corrected chi connectivity index (χ0v) is 19.5. The predicted octanol–water partition coefficient (Wildman–Crippen LogP) is 5.02. The monoisotopic (exact) mass is 568 g/mol. The third kappa shape index (κ3) is 6.13. The Morgan fingerprint density at radius 1 is 0.882 bits per heavy atom. The van der Waals surface area contributed by atoms with Gasteiger partial charge in [-0.05, 0) is 65.1 Å². The van der Waals surface area contributed by atoms with E-state index in [-0.39, 0.29) is 29.3 Å². The third-order valence-corrected chi connectivity index (χ3v) is 5.03. The van der Waals surface area contributed by atoms with Gasteiger partial charge in [-0.3, -0.25) is 10.1 Å². The van der Waals surface area contributed by atoms with Crippen molar-refractivity contribution in [2.45, 2.75) is 0 Å². The van der Waals surface area contributed by atoms with Gasteiger partial charge in [0.25, 0.3) is 5.69 Å². The summed E-state index contributed by atoms with van der Waals surface area (Å²) in [5.41, 5.74) is 4.57. The summed E-state index contributed by atoms with van der Waals surface area (Å²) in [6, 6.07) is 20.4. The van der Waals surface area contributed by atoms with E-state index < -0.39 is 4.92 Å². The second-order valence-corrected chi connectivity index (χ2v) is 8.05. The lowest BCUT2D eigenvalue weighted by atomic mass is 10.2. The summed E-state index contributed by atoms with van der Waals surface area (Å²) in [4.78, 5) is 23.4. The summed E-state index contributed by atoms with van der Waals surface area (Å²) in [5, 5.41) is 31.1. The highest BCUT2D eigenvalue weighted by Crippen LogP contribution is 2.21. The molecule has 0 atom stereocenters. The number of phenolic OH excluding ortho intramolecular Hbond substituents is 1. The average molecular weight is 568 g/mol. The van der Waals surface area contributed by atoms with Gasteiger partial charge in [0.1, 0.15) is 5.75 Å². The number of non-ortho nitro benzene ring substituents is 1. The van der Waals surface area contributed by atoms with Crippen LogP contribution < -0.4 is 16.1 Å². The normalized spacial score (nSPS) is 10.7. The molecular formula is C22H17IN8O3. The molecule has 0 saturated heterocycles. The van der Waals surface area contributed by atoms with Crippen molar-refractivity contribution in [3.8, 4) is 5.75 Å². The number of halogens is 1. The zero-order valence-electron chi connectivity index (χ0n) is 17.4. The van der Waals surface area contributed by atoms with E-state index in [1.807, 2.05) is 30.3 Å². The fraction of sp³-hybridized carbons (Fsp3) is 0. The van der Waals surface area contributed by atoms with Crippen LogP contribution in [0.25, 0.3) is 0 Å². The van der Waals surface area contributed by atoms with Crippen molar-refractivity contribution in [2.75, 3.05) is 16.1 Å². The van der Waals surface area contributed by atoms with E-state index >= 15 is 0 Å². The number of anilines is 5. The number of para-hydroxylation sites is 1. The van der Waals surface area contributed by atoms with Crippen molar-refractivity contribution >= 4 is 63.7 Å². The molecule has 12 heteroatoms. The number of nitrogens with zero attached hydrogens (tertiary/aromatic N) is 5. The van der Waals surface area contributed by atoms with Crippen molar-refractivity contribution in [2.24, 2.45) is 5.10 Å². The maximum Gasteiger partial charge on any atom is 0.269 e. The number of nitro groups is 1. The van der Waals surface area contributed by atoms with Gasteiger partial charge in [0.15, 0.2) is 0 Å². The van der Waals surface area contributed by atoms with Crippen LogP contribution in [0, 0.1) is 13.7 Å². The number of benzene rings is 3. The Labute approximate surface area is 207 Å². The minimum absolute atomic E-state index is 0.0249. The summed E-state index contributed by atoms with van der Waals surface area (Å²) in [6.07, 6.45) is 1.45. The van der Waals surface area contributed by atoms with E-state index in [0.29, 0.717) is 11.3 Å². The zero-order chi connectivity index (χ0) is 23.9. The maximum absolute atomic E-state index is 10.9. The van der Waals surface area contributed by atoms with Gasteiger partial charge < -0.3 is 15.7 Å². The van der Waals surface area contributed by atoms with E-state index in [4.69, 9.17) is 0 Å². The Bertz CT molecular complexity index is 1330. The van der Waals surface area contributed by atoms with Gasteiger partial charge in [-0.25, -0.2) is 5.43 Å². The van der Waals surface area contributed by atoms with Crippen LogP contribution in [-0.4, -0.2) is 31.2 Å². The fourth-order valence-electron chi connectivity index (χ4n) is 2.77. The highest BCUT2D eigenvalue weighted by atomic mass is 127. The molecule has 11 nitrogen and oxygen atoms in total. The molecule has 3 aromatic carbocycles. The first kappa shape index (κ1) is 22.8. The molecule has 0 aliphatic rings. The average Bonchev–Trinajstić information content (AvgIpc) is 2.82. The molecule has 34 heavy (non-hydrogen) atoms. The molecule has 1 heterocycles. The van der Waals surface area contributed by atoms with Gasteiger partial charge >= 0.3 is 0 Å². The lowest BCUT2D eigenvalue weighted by Gasteiger charge is -2.10. The number of rotatable bonds is 8. The number of hydrogen-bond donors (Lipinski definition) is 4. The molecule has 0 saturated carbocycles. The fourth-order valence-corrected chi connectivity index (χ4v) is 3.29. The van der Waals surface area contributed by atoms with Crippen LogP contribution in [0.15, 0.2) is 77.9 Å². The van der Waals surface area contributed by atoms with E-state index in [2.05, 4.69) is 58.7 Å². The molecule has 4 rings (SSSR count). The molecule has 0 unspecified atom stereocenters. The van der Waals surface area contributed by atoms with E-state index in [1.54, 1.807) is 30.3 Å². The largest absolute Gasteiger partial charge is 0.507 e. The van der Waals surface area contributed by atoms with Gasteiger partial charge in [0, 0.05) is 32.6 Å². The lowest BCUT2D eigenvalue weighted by Crippen LogP contribution is -2.07. The third-order valence-electron chi connectivity index (χ3n) is 4.36. The summed E-state index contributed by atoms with van der Waals surface area (Å²) in [7, 11) is 0. The molecular weight excluding hydrogens is 551 g/mol. The van der Waals surface area contributed by atoms with Gasteiger partial charge in [-0.2, -0.15) is 20.1 Å². The van der Waals surface area contributed by atoms with Crippen LogP contribution in [0.3, 0.4) is 0 Å². The standard InChI is InChI=1S/C22H17IN8O3/c23-15-6-11-19(32)14(12-15)13-24-30-22-28-20(25-16-4-2-1-3-5-16)27-21(29-22)26-17-7-9-18(10-8-17)31(33)34/h1-13,32H,(H3,25,26,27,28,29,30)/b24-13+. The van der Waals surface area contributed by atoms with Gasteiger partial charge in [0.2, 0.25) is 17.8 Å². The molecule has 170 valence electrons. The molecule has 1 aromatic heterocycles. The van der Waals surface area contributed by atoms with E-state index in [9.17, 15) is 15.2 Å². The second kappa shape index (κ2) is 10.5. The number of hydrazone groups is 1. The van der Waals surface area contributed by atoms with Crippen molar-refractivity contribution < 1.29 is 10.0 Å². The first-order chi connectivity index (χ1) is 16.5. The number of hydrogen-bond acceptors (Lipinski definition) is 10. The van der Waals surface area contributed by atoms with Crippen LogP contribution in [0.2, 0.25) is 0 Å². The van der Waals surface area contributed by atoms with Crippen LogP contribution in [0.1, 0.15) is 5.56 Å². The van der Waals surface area contributed by atoms with Crippen molar-refractivity contribution in [1.82, 2.24) is 15.0 Å². The highest BCUT2D eigenvalue weighted by Gasteiger charge is 2.09. The van der Waals surface area contributed by atoms with Crippen LogP contribution in [0.4, 0.5) is 34.9 Å². The first-order valence-electron chi connectivity index (χ1n) is 9.83. The van der Waals surface area contributed by atoms with Gasteiger partial charge in [-0.1, -0.05) is 18.2 Å². The van der Waals surface area contributed by atoms with Crippen molar-refractivity contribution in [1.29, 1.82) is 0 Å². The molecule has 4 N–H and O–H groups in total. The van der Waals surface area contributed by atoms with Crippen LogP contribution in [-0.2, 0) is 0 Å². The summed E-state index contributed by atoms with van der Waals surface area (Å²) >= 11 is 2.14. The Morgan fingerprint density at radius 2 is 1.50 bits per heavy atom. The topological polar surface area (TPSA) is 150 Å². The molecule has 4 aromatic rings. The lowest BCUT2D eigenvalue weighted by molar-refractivity contribution is -0.384. The SMILES string of the molecule is O=[N+]([O-])c1ccc(Nc2nc(N/N=C/c3cc(I)ccc3O)nc(Nc3ccccc3)n2)cc1. The van der Waals surface area contributed by atoms with Crippen LogP contribution >= 0.6 is 22.6 Å². The van der Waals surface area contributed by atoms with Gasteiger partial charge in [-0.15, -0.1) is 0 Å². The molecule has 0 radical (unpaired) electrons. The number of aromatic nitrogens is 3. The van der Waals surface area contributed by atoms with Crippen molar-refractivity contribution in [3.63, 3.8) is 0 Å². The Hall–Kier alpha value is -4.33. The van der Waals surface area contributed by atoms with Gasteiger partial charge in [0.05, 0.1) is 11.1 Å². The minimum Gasteiger partial charge on any atom is -0.507 e. The molecule has 0 amide bonds. The van der Waals surface area contributed by atoms with E-state index in [1.165, 1.54) is 18.3 Å². The summed E-state index contributed by atoms with van der Waals surface area (Å²) in [5.74, 6) is 0.672. The molecule has 0 aliphatic carbocycles.